The summed E-state index contributed by atoms with van der Waals surface area (Å²) in [5.41, 5.74) is 2.49. The van der Waals surface area contributed by atoms with Crippen LogP contribution in [-0.2, 0) is 0 Å². The lowest BCUT2D eigenvalue weighted by Gasteiger charge is -2.32. The van der Waals surface area contributed by atoms with Crippen LogP contribution >= 0.6 is 0 Å². The fraction of sp³-hybridized carbons (Fsp3) is 0.417. The van der Waals surface area contributed by atoms with Gasteiger partial charge >= 0.3 is 0 Å². The molecule has 1 aliphatic heterocycles. The zero-order chi connectivity index (χ0) is 9.47. The van der Waals surface area contributed by atoms with E-state index in [4.69, 9.17) is 4.74 Å². The molecule has 1 nitrogen and oxygen atoms in total. The first-order valence-corrected chi connectivity index (χ1v) is 4.70. The Morgan fingerprint density at radius 1 is 1.31 bits per heavy atom. The second-order valence-electron chi connectivity index (χ2n) is 4.31. The van der Waals surface area contributed by atoms with E-state index in [0.29, 0.717) is 0 Å². The molecule has 0 saturated carbocycles. The number of hydrogen-bond acceptors (Lipinski definition) is 1. The van der Waals surface area contributed by atoms with Gasteiger partial charge in [0.15, 0.2) is 0 Å². The van der Waals surface area contributed by atoms with E-state index in [9.17, 15) is 0 Å². The van der Waals surface area contributed by atoms with Gasteiger partial charge in [0.1, 0.15) is 11.4 Å². The summed E-state index contributed by atoms with van der Waals surface area (Å²) in [6, 6.07) is 6.32. The molecule has 0 amide bonds. The van der Waals surface area contributed by atoms with Gasteiger partial charge in [-0.3, -0.25) is 0 Å². The monoisotopic (exact) mass is 175 g/mol. The second-order valence-corrected chi connectivity index (χ2v) is 4.31. The smallest absolute Gasteiger partial charge is 0.123 e. The molecular formula is C12H15O. The highest BCUT2D eigenvalue weighted by Gasteiger charge is 2.26. The van der Waals surface area contributed by atoms with Crippen molar-refractivity contribution in [2.24, 2.45) is 0 Å². The molecule has 0 fully saturated rings. The number of benzene rings is 1. The van der Waals surface area contributed by atoms with Crippen molar-refractivity contribution in [3.8, 4) is 5.75 Å². The van der Waals surface area contributed by atoms with Crippen LogP contribution in [0.1, 0.15) is 31.4 Å². The molecule has 1 heterocycles. The SMILES string of the molecule is Cc1ccc2c(c1)[CH]CC(C)(C)O2. The molecule has 0 bridgehead atoms. The van der Waals surface area contributed by atoms with Gasteiger partial charge in [0.25, 0.3) is 0 Å². The minimum atomic E-state index is -0.0394. The van der Waals surface area contributed by atoms with E-state index >= 15 is 0 Å². The third kappa shape index (κ3) is 1.69. The molecule has 0 N–H and O–H groups in total. The molecule has 1 radical (unpaired) electrons. The molecule has 13 heavy (non-hydrogen) atoms. The van der Waals surface area contributed by atoms with Crippen molar-refractivity contribution in [2.75, 3.05) is 0 Å². The maximum Gasteiger partial charge on any atom is 0.123 e. The summed E-state index contributed by atoms with van der Waals surface area (Å²) in [5.74, 6) is 1.02. The summed E-state index contributed by atoms with van der Waals surface area (Å²) in [5, 5.41) is 0. The molecule has 0 atom stereocenters. The molecule has 0 spiro atoms. The number of aryl methyl sites for hydroxylation is 1. The largest absolute Gasteiger partial charge is 0.488 e. The summed E-state index contributed by atoms with van der Waals surface area (Å²) in [7, 11) is 0. The molecule has 2 rings (SSSR count). The van der Waals surface area contributed by atoms with Crippen molar-refractivity contribution in [1.29, 1.82) is 0 Å². The molecule has 0 aromatic heterocycles. The normalized spacial score (nSPS) is 19.0. The van der Waals surface area contributed by atoms with Crippen LogP contribution in [0.3, 0.4) is 0 Å². The Kier molecular flexibility index (Phi) is 1.83. The van der Waals surface area contributed by atoms with Gasteiger partial charge in [-0.15, -0.1) is 0 Å². The van der Waals surface area contributed by atoms with E-state index in [1.54, 1.807) is 0 Å². The maximum absolute atomic E-state index is 5.84. The average Bonchev–Trinajstić information content (AvgIpc) is 2.05. The number of fused-ring (bicyclic) bond motifs is 1. The standard InChI is InChI=1S/C12H15O/c1-9-4-5-11-10(8-9)6-7-12(2,3)13-11/h4-6,8H,7H2,1-3H3. The number of hydrogen-bond donors (Lipinski definition) is 0. The quantitative estimate of drug-likeness (QED) is 0.588. The minimum Gasteiger partial charge on any atom is -0.488 e. The number of rotatable bonds is 0. The lowest BCUT2D eigenvalue weighted by molar-refractivity contribution is 0.0987. The molecule has 0 saturated heterocycles. The van der Waals surface area contributed by atoms with E-state index < -0.39 is 0 Å². The third-order valence-corrected chi connectivity index (χ3v) is 2.37. The van der Waals surface area contributed by atoms with Gasteiger partial charge in [-0.25, -0.2) is 0 Å². The van der Waals surface area contributed by atoms with Crippen LogP contribution in [0.25, 0.3) is 0 Å². The lowest BCUT2D eigenvalue weighted by Crippen LogP contribution is -2.31. The van der Waals surface area contributed by atoms with E-state index in [1.807, 2.05) is 0 Å². The predicted octanol–water partition coefficient (Wildman–Crippen LogP) is 3.11. The first-order valence-electron chi connectivity index (χ1n) is 4.70. The van der Waals surface area contributed by atoms with Crippen LogP contribution < -0.4 is 4.74 Å². The summed E-state index contributed by atoms with van der Waals surface area (Å²) < 4.78 is 5.84. The van der Waals surface area contributed by atoms with Gasteiger partial charge in [-0.2, -0.15) is 0 Å². The van der Waals surface area contributed by atoms with Crippen LogP contribution in [0.2, 0.25) is 0 Å². The molecule has 1 heteroatoms. The van der Waals surface area contributed by atoms with Crippen LogP contribution in [0.5, 0.6) is 5.75 Å². The Bertz CT molecular complexity index is 326. The van der Waals surface area contributed by atoms with Crippen molar-refractivity contribution in [3.05, 3.63) is 35.7 Å². The Morgan fingerprint density at radius 3 is 2.85 bits per heavy atom. The van der Waals surface area contributed by atoms with Crippen molar-refractivity contribution < 1.29 is 4.74 Å². The van der Waals surface area contributed by atoms with E-state index in [1.165, 1.54) is 11.1 Å². The van der Waals surface area contributed by atoms with E-state index in [-0.39, 0.29) is 5.60 Å². The van der Waals surface area contributed by atoms with Crippen molar-refractivity contribution >= 4 is 0 Å². The summed E-state index contributed by atoms with van der Waals surface area (Å²) in [6.45, 7) is 6.34. The van der Waals surface area contributed by atoms with E-state index in [0.717, 1.165) is 12.2 Å². The van der Waals surface area contributed by atoms with Gasteiger partial charge < -0.3 is 4.74 Å². The highest BCUT2D eigenvalue weighted by Crippen LogP contribution is 2.34. The molecule has 0 unspecified atom stereocenters. The fourth-order valence-corrected chi connectivity index (χ4v) is 1.62. The van der Waals surface area contributed by atoms with Gasteiger partial charge in [0, 0.05) is 0 Å². The summed E-state index contributed by atoms with van der Waals surface area (Å²) in [4.78, 5) is 0. The topological polar surface area (TPSA) is 9.23 Å². The van der Waals surface area contributed by atoms with Gasteiger partial charge in [0.2, 0.25) is 0 Å². The Balaban J connectivity index is 2.37. The Morgan fingerprint density at radius 2 is 2.08 bits per heavy atom. The first-order chi connectivity index (χ1) is 6.07. The van der Waals surface area contributed by atoms with Crippen molar-refractivity contribution in [2.45, 2.75) is 32.8 Å². The molecule has 1 aliphatic rings. The molecule has 69 valence electrons. The highest BCUT2D eigenvalue weighted by atomic mass is 16.5. The average molecular weight is 175 g/mol. The zero-order valence-corrected chi connectivity index (χ0v) is 8.42. The predicted molar refractivity (Wildman–Crippen MR) is 53.9 cm³/mol. The highest BCUT2D eigenvalue weighted by molar-refractivity contribution is 5.43. The number of ether oxygens (including phenoxy) is 1. The Labute approximate surface area is 79.7 Å². The summed E-state index contributed by atoms with van der Waals surface area (Å²) >= 11 is 0. The molecular weight excluding hydrogens is 160 g/mol. The third-order valence-electron chi connectivity index (χ3n) is 2.37. The van der Waals surface area contributed by atoms with Crippen molar-refractivity contribution in [3.63, 3.8) is 0 Å². The minimum absolute atomic E-state index is 0.0394. The fourth-order valence-electron chi connectivity index (χ4n) is 1.62. The molecule has 0 aliphatic carbocycles. The molecule has 1 aromatic carbocycles. The van der Waals surface area contributed by atoms with Crippen LogP contribution in [0.15, 0.2) is 18.2 Å². The summed E-state index contributed by atoms with van der Waals surface area (Å²) in [6.07, 6.45) is 3.25. The van der Waals surface area contributed by atoms with Crippen LogP contribution in [-0.4, -0.2) is 5.60 Å². The first kappa shape index (κ1) is 8.61. The van der Waals surface area contributed by atoms with Gasteiger partial charge in [0.05, 0.1) is 0 Å². The zero-order valence-electron chi connectivity index (χ0n) is 8.42. The van der Waals surface area contributed by atoms with Gasteiger partial charge in [-0.05, 0) is 45.2 Å². The van der Waals surface area contributed by atoms with E-state index in [2.05, 4.69) is 45.4 Å². The van der Waals surface area contributed by atoms with Crippen molar-refractivity contribution in [1.82, 2.24) is 0 Å². The van der Waals surface area contributed by atoms with Crippen LogP contribution in [0, 0.1) is 13.3 Å². The second kappa shape index (κ2) is 2.76. The van der Waals surface area contributed by atoms with Crippen LogP contribution in [0.4, 0.5) is 0 Å². The maximum atomic E-state index is 5.84. The molecule has 1 aromatic rings. The Hall–Kier alpha value is -0.980. The lowest BCUT2D eigenvalue weighted by atomic mass is 9.93. The van der Waals surface area contributed by atoms with Gasteiger partial charge in [-0.1, -0.05) is 17.7 Å².